The van der Waals surface area contributed by atoms with E-state index in [1.165, 1.54) is 0 Å². The molecule has 3 aromatic heterocycles. The van der Waals surface area contributed by atoms with E-state index in [9.17, 15) is 0 Å². The zero-order valence-electron chi connectivity index (χ0n) is 11.8. The number of nitrogen functional groups attached to an aromatic ring is 2. The van der Waals surface area contributed by atoms with E-state index in [2.05, 4.69) is 24.9 Å². The average Bonchev–Trinajstić information content (AvgIpc) is 2.54. The van der Waals surface area contributed by atoms with Gasteiger partial charge in [-0.25, -0.2) is 24.9 Å². The van der Waals surface area contributed by atoms with Crippen molar-refractivity contribution in [1.29, 1.82) is 0 Å². The summed E-state index contributed by atoms with van der Waals surface area (Å²) in [5, 5.41) is 0. The number of methoxy groups -OCH3 is 1. The highest BCUT2D eigenvalue weighted by Crippen LogP contribution is 2.29. The first-order valence-electron chi connectivity index (χ1n) is 6.40. The van der Waals surface area contributed by atoms with Gasteiger partial charge in [-0.05, 0) is 24.3 Å². The molecule has 0 atom stereocenters. The summed E-state index contributed by atoms with van der Waals surface area (Å²) in [6.07, 6.45) is 3.14. The maximum atomic E-state index is 5.63. The van der Waals surface area contributed by atoms with E-state index < -0.39 is 0 Å². The number of rotatable bonds is 3. The fourth-order valence-corrected chi connectivity index (χ4v) is 1.96. The summed E-state index contributed by atoms with van der Waals surface area (Å²) in [6.45, 7) is 0. The minimum absolute atomic E-state index is 0.165. The Morgan fingerprint density at radius 3 is 2.00 bits per heavy atom. The van der Waals surface area contributed by atoms with Gasteiger partial charge in [-0.2, -0.15) is 0 Å². The monoisotopic (exact) mass is 295 g/mol. The molecule has 0 aliphatic carbocycles. The SMILES string of the molecule is COc1ccc(-c2ccnc(N)n2)nc1-c1ccnc(N)n1. The summed E-state index contributed by atoms with van der Waals surface area (Å²) in [7, 11) is 1.56. The highest BCUT2D eigenvalue weighted by atomic mass is 16.5. The molecule has 0 aliphatic rings. The average molecular weight is 295 g/mol. The molecule has 3 aromatic rings. The molecule has 4 N–H and O–H groups in total. The fraction of sp³-hybridized carbons (Fsp3) is 0.0714. The standard InChI is InChI=1S/C14H13N7O/c1-22-11-3-2-8(9-4-6-17-13(15)20-9)19-12(11)10-5-7-18-14(16)21-10/h2-7H,1H3,(H2,15,17,20)(H2,16,18,21). The number of nitrogens with two attached hydrogens (primary N) is 2. The van der Waals surface area contributed by atoms with Crippen LogP contribution in [0.15, 0.2) is 36.7 Å². The van der Waals surface area contributed by atoms with Crippen LogP contribution in [0.25, 0.3) is 22.8 Å². The third-order valence-electron chi connectivity index (χ3n) is 2.93. The molecule has 0 aliphatic heterocycles. The maximum absolute atomic E-state index is 5.63. The first kappa shape index (κ1) is 13.7. The highest BCUT2D eigenvalue weighted by Gasteiger charge is 2.13. The minimum Gasteiger partial charge on any atom is -0.494 e. The quantitative estimate of drug-likeness (QED) is 0.737. The van der Waals surface area contributed by atoms with E-state index in [1.807, 2.05) is 0 Å². The van der Waals surface area contributed by atoms with Crippen molar-refractivity contribution in [3.8, 4) is 28.5 Å². The lowest BCUT2D eigenvalue weighted by Gasteiger charge is -2.09. The summed E-state index contributed by atoms with van der Waals surface area (Å²) in [5.74, 6) is 0.921. The largest absolute Gasteiger partial charge is 0.494 e. The van der Waals surface area contributed by atoms with Gasteiger partial charge in [0.1, 0.15) is 11.4 Å². The second-order valence-corrected chi connectivity index (χ2v) is 4.35. The Kier molecular flexibility index (Phi) is 3.48. The molecule has 0 spiro atoms. The minimum atomic E-state index is 0.165. The smallest absolute Gasteiger partial charge is 0.220 e. The van der Waals surface area contributed by atoms with Gasteiger partial charge < -0.3 is 16.2 Å². The van der Waals surface area contributed by atoms with Gasteiger partial charge in [-0.15, -0.1) is 0 Å². The van der Waals surface area contributed by atoms with Crippen LogP contribution in [-0.4, -0.2) is 32.0 Å². The van der Waals surface area contributed by atoms with Crippen LogP contribution in [0.5, 0.6) is 5.75 Å². The molecule has 0 unspecified atom stereocenters. The van der Waals surface area contributed by atoms with Crippen LogP contribution in [-0.2, 0) is 0 Å². The van der Waals surface area contributed by atoms with E-state index in [1.54, 1.807) is 43.8 Å². The Hall–Kier alpha value is -3.29. The molecule has 110 valence electrons. The van der Waals surface area contributed by atoms with E-state index in [-0.39, 0.29) is 11.9 Å². The molecule has 0 amide bonds. The van der Waals surface area contributed by atoms with Crippen LogP contribution < -0.4 is 16.2 Å². The van der Waals surface area contributed by atoms with Gasteiger partial charge in [0.15, 0.2) is 0 Å². The molecular weight excluding hydrogens is 282 g/mol. The maximum Gasteiger partial charge on any atom is 0.220 e. The third-order valence-corrected chi connectivity index (χ3v) is 2.93. The van der Waals surface area contributed by atoms with Gasteiger partial charge in [-0.3, -0.25) is 0 Å². The Morgan fingerprint density at radius 1 is 0.773 bits per heavy atom. The van der Waals surface area contributed by atoms with Gasteiger partial charge in [0.05, 0.1) is 24.2 Å². The molecule has 22 heavy (non-hydrogen) atoms. The van der Waals surface area contributed by atoms with Crippen molar-refractivity contribution in [2.75, 3.05) is 18.6 Å². The fourth-order valence-electron chi connectivity index (χ4n) is 1.96. The number of anilines is 2. The van der Waals surface area contributed by atoms with Crippen molar-refractivity contribution in [3.05, 3.63) is 36.7 Å². The van der Waals surface area contributed by atoms with Crippen LogP contribution in [0.1, 0.15) is 0 Å². The van der Waals surface area contributed by atoms with Gasteiger partial charge in [0.2, 0.25) is 11.9 Å². The Bertz CT molecular complexity index is 822. The molecule has 0 fully saturated rings. The lowest BCUT2D eigenvalue weighted by atomic mass is 10.2. The molecule has 0 saturated heterocycles. The molecule has 0 radical (unpaired) electrons. The first-order valence-corrected chi connectivity index (χ1v) is 6.40. The normalized spacial score (nSPS) is 10.4. The van der Waals surface area contributed by atoms with Crippen LogP contribution in [0.3, 0.4) is 0 Å². The summed E-state index contributed by atoms with van der Waals surface area (Å²) < 4.78 is 5.33. The molecular formula is C14H13N7O. The number of aromatic nitrogens is 5. The number of pyridine rings is 1. The lowest BCUT2D eigenvalue weighted by molar-refractivity contribution is 0.414. The van der Waals surface area contributed by atoms with Crippen molar-refractivity contribution < 1.29 is 4.74 Å². The highest BCUT2D eigenvalue weighted by molar-refractivity contribution is 5.68. The van der Waals surface area contributed by atoms with E-state index in [0.29, 0.717) is 28.5 Å². The van der Waals surface area contributed by atoms with Gasteiger partial charge >= 0.3 is 0 Å². The van der Waals surface area contributed by atoms with Crippen LogP contribution in [0.4, 0.5) is 11.9 Å². The second kappa shape index (κ2) is 5.60. The lowest BCUT2D eigenvalue weighted by Crippen LogP contribution is -2.00. The molecule has 8 heteroatoms. The van der Waals surface area contributed by atoms with Crippen LogP contribution in [0.2, 0.25) is 0 Å². The van der Waals surface area contributed by atoms with Gasteiger partial charge in [0.25, 0.3) is 0 Å². The Labute approximate surface area is 126 Å². The predicted molar refractivity (Wildman–Crippen MR) is 81.7 cm³/mol. The summed E-state index contributed by atoms with van der Waals surface area (Å²) in [4.78, 5) is 20.6. The van der Waals surface area contributed by atoms with Crippen molar-refractivity contribution in [3.63, 3.8) is 0 Å². The number of ether oxygens (including phenoxy) is 1. The number of hydrogen-bond acceptors (Lipinski definition) is 8. The van der Waals surface area contributed by atoms with Crippen LogP contribution >= 0.6 is 0 Å². The Morgan fingerprint density at radius 2 is 1.36 bits per heavy atom. The molecule has 3 heterocycles. The van der Waals surface area contributed by atoms with Crippen molar-refractivity contribution >= 4 is 11.9 Å². The van der Waals surface area contributed by atoms with E-state index in [0.717, 1.165) is 0 Å². The number of hydrogen-bond donors (Lipinski definition) is 2. The van der Waals surface area contributed by atoms with E-state index >= 15 is 0 Å². The van der Waals surface area contributed by atoms with Crippen LogP contribution in [0, 0.1) is 0 Å². The Balaban J connectivity index is 2.14. The summed E-state index contributed by atoms with van der Waals surface area (Å²) in [5.41, 5.74) is 13.6. The summed E-state index contributed by atoms with van der Waals surface area (Å²) in [6, 6.07) is 7.01. The molecule has 8 nitrogen and oxygen atoms in total. The third kappa shape index (κ3) is 2.62. The second-order valence-electron chi connectivity index (χ2n) is 4.35. The molecule has 0 bridgehead atoms. The van der Waals surface area contributed by atoms with Crippen molar-refractivity contribution in [2.24, 2.45) is 0 Å². The molecule has 0 saturated carbocycles. The van der Waals surface area contributed by atoms with Gasteiger partial charge in [-0.1, -0.05) is 0 Å². The zero-order valence-corrected chi connectivity index (χ0v) is 11.8. The van der Waals surface area contributed by atoms with Crippen molar-refractivity contribution in [2.45, 2.75) is 0 Å². The summed E-state index contributed by atoms with van der Waals surface area (Å²) >= 11 is 0. The number of nitrogens with zero attached hydrogens (tertiary/aromatic N) is 5. The molecule has 0 aromatic carbocycles. The van der Waals surface area contributed by atoms with E-state index in [4.69, 9.17) is 16.2 Å². The topological polar surface area (TPSA) is 126 Å². The first-order chi connectivity index (χ1) is 10.7. The van der Waals surface area contributed by atoms with Gasteiger partial charge in [0, 0.05) is 12.4 Å². The predicted octanol–water partition coefficient (Wildman–Crippen LogP) is 1.17. The zero-order chi connectivity index (χ0) is 15.5. The molecule has 3 rings (SSSR count). The van der Waals surface area contributed by atoms with Crippen molar-refractivity contribution in [1.82, 2.24) is 24.9 Å².